The maximum atomic E-state index is 5.62. The van der Waals surface area contributed by atoms with Gasteiger partial charge in [0.15, 0.2) is 5.13 Å². The van der Waals surface area contributed by atoms with Crippen LogP contribution in [0.5, 0.6) is 0 Å². The SMILES string of the molecule is Cc1ccc(CN(C)c2ncc(N)s2)o1. The molecule has 0 radical (unpaired) electrons. The summed E-state index contributed by atoms with van der Waals surface area (Å²) in [6.45, 7) is 2.64. The van der Waals surface area contributed by atoms with E-state index in [-0.39, 0.29) is 0 Å². The third-order valence-electron chi connectivity index (χ3n) is 2.03. The van der Waals surface area contributed by atoms with Gasteiger partial charge in [-0.25, -0.2) is 4.98 Å². The zero-order chi connectivity index (χ0) is 10.8. The highest BCUT2D eigenvalue weighted by Crippen LogP contribution is 2.24. The number of thiazole rings is 1. The molecule has 2 aromatic heterocycles. The lowest BCUT2D eigenvalue weighted by atomic mass is 10.4. The zero-order valence-corrected chi connectivity index (χ0v) is 9.54. The predicted octanol–water partition coefficient (Wildman–Crippen LogP) is 2.26. The van der Waals surface area contributed by atoms with E-state index in [1.54, 1.807) is 6.20 Å². The van der Waals surface area contributed by atoms with Crippen molar-refractivity contribution in [1.82, 2.24) is 4.98 Å². The van der Waals surface area contributed by atoms with Crippen LogP contribution in [0.25, 0.3) is 0 Å². The Labute approximate surface area is 92.3 Å². The molecule has 0 aromatic carbocycles. The topological polar surface area (TPSA) is 55.3 Å². The summed E-state index contributed by atoms with van der Waals surface area (Å²) < 4.78 is 5.49. The molecular weight excluding hydrogens is 210 g/mol. The Hall–Kier alpha value is -1.49. The zero-order valence-electron chi connectivity index (χ0n) is 8.73. The standard InChI is InChI=1S/C10H13N3OS/c1-7-3-4-8(14-7)6-13(2)10-12-5-9(11)15-10/h3-5H,6,11H2,1-2H3. The molecule has 0 atom stereocenters. The number of nitrogen functional groups attached to an aromatic ring is 1. The molecule has 80 valence electrons. The van der Waals surface area contributed by atoms with E-state index in [0.717, 1.165) is 21.7 Å². The molecular formula is C10H13N3OS. The molecule has 0 saturated heterocycles. The molecule has 15 heavy (non-hydrogen) atoms. The summed E-state index contributed by atoms with van der Waals surface area (Å²) in [7, 11) is 1.97. The lowest BCUT2D eigenvalue weighted by molar-refractivity contribution is 0.481. The minimum Gasteiger partial charge on any atom is -0.464 e. The first-order chi connectivity index (χ1) is 7.15. The first kappa shape index (κ1) is 10.0. The molecule has 0 unspecified atom stereocenters. The second-order valence-electron chi connectivity index (χ2n) is 3.41. The highest BCUT2D eigenvalue weighted by atomic mass is 32.1. The molecule has 0 saturated carbocycles. The third-order valence-corrected chi connectivity index (χ3v) is 2.97. The van der Waals surface area contributed by atoms with Gasteiger partial charge in [0, 0.05) is 7.05 Å². The Morgan fingerprint density at radius 1 is 1.53 bits per heavy atom. The van der Waals surface area contributed by atoms with Crippen LogP contribution in [0.1, 0.15) is 11.5 Å². The van der Waals surface area contributed by atoms with Gasteiger partial charge in [0.2, 0.25) is 0 Å². The van der Waals surface area contributed by atoms with Crippen LogP contribution < -0.4 is 10.6 Å². The quantitative estimate of drug-likeness (QED) is 0.867. The molecule has 0 aliphatic heterocycles. The normalized spacial score (nSPS) is 10.5. The average Bonchev–Trinajstić information content (AvgIpc) is 2.75. The molecule has 2 N–H and O–H groups in total. The molecule has 2 rings (SSSR count). The van der Waals surface area contributed by atoms with E-state index in [9.17, 15) is 0 Å². The van der Waals surface area contributed by atoms with E-state index in [4.69, 9.17) is 10.2 Å². The van der Waals surface area contributed by atoms with Crippen molar-refractivity contribution in [3.8, 4) is 0 Å². The third kappa shape index (κ3) is 2.30. The van der Waals surface area contributed by atoms with E-state index < -0.39 is 0 Å². The number of nitrogens with two attached hydrogens (primary N) is 1. The summed E-state index contributed by atoms with van der Waals surface area (Å²) in [6.07, 6.45) is 1.67. The van der Waals surface area contributed by atoms with Gasteiger partial charge in [0.1, 0.15) is 16.5 Å². The average molecular weight is 223 g/mol. The van der Waals surface area contributed by atoms with Crippen molar-refractivity contribution in [3.05, 3.63) is 29.9 Å². The predicted molar refractivity (Wildman–Crippen MR) is 62.1 cm³/mol. The molecule has 2 aromatic rings. The van der Waals surface area contributed by atoms with Crippen LogP contribution in [0.2, 0.25) is 0 Å². The first-order valence-corrected chi connectivity index (χ1v) is 5.44. The second kappa shape index (κ2) is 3.94. The molecule has 5 heteroatoms. The Balaban J connectivity index is 2.06. The first-order valence-electron chi connectivity index (χ1n) is 4.63. The van der Waals surface area contributed by atoms with E-state index in [1.807, 2.05) is 31.0 Å². The summed E-state index contributed by atoms with van der Waals surface area (Å²) in [6, 6.07) is 3.93. The largest absolute Gasteiger partial charge is 0.464 e. The van der Waals surface area contributed by atoms with Crippen LogP contribution in [0.3, 0.4) is 0 Å². The van der Waals surface area contributed by atoms with Gasteiger partial charge in [0.25, 0.3) is 0 Å². The van der Waals surface area contributed by atoms with Gasteiger partial charge in [-0.15, -0.1) is 0 Å². The van der Waals surface area contributed by atoms with Crippen molar-refractivity contribution in [1.29, 1.82) is 0 Å². The van der Waals surface area contributed by atoms with Gasteiger partial charge in [-0.05, 0) is 19.1 Å². The van der Waals surface area contributed by atoms with Gasteiger partial charge in [-0.3, -0.25) is 0 Å². The number of aryl methyl sites for hydroxylation is 1. The molecule has 0 aliphatic rings. The number of aromatic nitrogens is 1. The van der Waals surface area contributed by atoms with Gasteiger partial charge in [-0.1, -0.05) is 11.3 Å². The van der Waals surface area contributed by atoms with Gasteiger partial charge < -0.3 is 15.1 Å². The number of hydrogen-bond acceptors (Lipinski definition) is 5. The summed E-state index contributed by atoms with van der Waals surface area (Å²) in [5.41, 5.74) is 5.62. The summed E-state index contributed by atoms with van der Waals surface area (Å²) in [4.78, 5) is 6.21. The molecule has 0 spiro atoms. The van der Waals surface area contributed by atoms with Crippen LogP contribution in [-0.2, 0) is 6.54 Å². The van der Waals surface area contributed by atoms with E-state index in [0.29, 0.717) is 6.54 Å². The molecule has 0 aliphatic carbocycles. The number of furan rings is 1. The number of anilines is 2. The minimum absolute atomic E-state index is 0.709. The smallest absolute Gasteiger partial charge is 0.187 e. The van der Waals surface area contributed by atoms with Crippen LogP contribution in [0, 0.1) is 6.92 Å². The maximum Gasteiger partial charge on any atom is 0.187 e. The molecule has 4 nitrogen and oxygen atoms in total. The number of nitrogens with zero attached hydrogens (tertiary/aromatic N) is 2. The summed E-state index contributed by atoms with van der Waals surface area (Å²) in [5, 5.41) is 1.63. The van der Waals surface area contributed by atoms with Crippen molar-refractivity contribution in [3.63, 3.8) is 0 Å². The number of rotatable bonds is 3. The Morgan fingerprint density at radius 3 is 2.87 bits per heavy atom. The Morgan fingerprint density at radius 2 is 2.33 bits per heavy atom. The Kier molecular flexibility index (Phi) is 2.64. The lowest BCUT2D eigenvalue weighted by Crippen LogP contribution is -2.15. The van der Waals surface area contributed by atoms with Crippen LogP contribution in [-0.4, -0.2) is 12.0 Å². The van der Waals surface area contributed by atoms with Crippen LogP contribution in [0.4, 0.5) is 10.1 Å². The number of hydrogen-bond donors (Lipinski definition) is 1. The van der Waals surface area contributed by atoms with E-state index in [1.165, 1.54) is 11.3 Å². The van der Waals surface area contributed by atoms with Crippen molar-refractivity contribution < 1.29 is 4.42 Å². The highest BCUT2D eigenvalue weighted by Gasteiger charge is 2.08. The molecule has 2 heterocycles. The fourth-order valence-corrected chi connectivity index (χ4v) is 1.97. The van der Waals surface area contributed by atoms with Gasteiger partial charge >= 0.3 is 0 Å². The molecule has 0 amide bonds. The van der Waals surface area contributed by atoms with E-state index >= 15 is 0 Å². The van der Waals surface area contributed by atoms with Crippen LogP contribution in [0.15, 0.2) is 22.7 Å². The van der Waals surface area contributed by atoms with Gasteiger partial charge in [-0.2, -0.15) is 0 Å². The van der Waals surface area contributed by atoms with Crippen molar-refractivity contribution in [2.75, 3.05) is 17.7 Å². The fraction of sp³-hybridized carbons (Fsp3) is 0.300. The van der Waals surface area contributed by atoms with Crippen LogP contribution >= 0.6 is 11.3 Å². The highest BCUT2D eigenvalue weighted by molar-refractivity contribution is 7.19. The van der Waals surface area contributed by atoms with Crippen molar-refractivity contribution >= 4 is 21.5 Å². The fourth-order valence-electron chi connectivity index (χ4n) is 1.32. The van der Waals surface area contributed by atoms with Crippen molar-refractivity contribution in [2.24, 2.45) is 0 Å². The van der Waals surface area contributed by atoms with Gasteiger partial charge in [0.05, 0.1) is 12.7 Å². The minimum atomic E-state index is 0.709. The lowest BCUT2D eigenvalue weighted by Gasteiger charge is -2.13. The molecule has 0 bridgehead atoms. The maximum absolute atomic E-state index is 5.62. The van der Waals surface area contributed by atoms with E-state index in [2.05, 4.69) is 4.98 Å². The summed E-state index contributed by atoms with van der Waals surface area (Å²) in [5.74, 6) is 1.86. The molecule has 0 fully saturated rings. The Bertz CT molecular complexity index is 449. The second-order valence-corrected chi connectivity index (χ2v) is 4.45. The monoisotopic (exact) mass is 223 g/mol. The van der Waals surface area contributed by atoms with Crippen molar-refractivity contribution in [2.45, 2.75) is 13.5 Å². The summed E-state index contributed by atoms with van der Waals surface area (Å²) >= 11 is 1.47.